The monoisotopic (exact) mass is 509 g/mol. The molecule has 33 heavy (non-hydrogen) atoms. The van der Waals surface area contributed by atoms with E-state index in [1.165, 1.54) is 6.21 Å². The number of ether oxygens (including phenoxy) is 2. The van der Waals surface area contributed by atoms with Gasteiger partial charge in [0.15, 0.2) is 11.5 Å². The predicted molar refractivity (Wildman–Crippen MR) is 130 cm³/mol. The van der Waals surface area contributed by atoms with Crippen molar-refractivity contribution in [1.82, 2.24) is 10.7 Å². The van der Waals surface area contributed by atoms with Crippen LogP contribution in [-0.4, -0.2) is 24.6 Å². The first-order valence-corrected chi connectivity index (χ1v) is 11.1. The molecule has 170 valence electrons. The van der Waals surface area contributed by atoms with E-state index in [9.17, 15) is 9.59 Å². The van der Waals surface area contributed by atoms with Crippen molar-refractivity contribution in [3.05, 3.63) is 94.0 Å². The fourth-order valence-electron chi connectivity index (χ4n) is 2.87. The van der Waals surface area contributed by atoms with Gasteiger partial charge in [0.05, 0.1) is 17.3 Å². The zero-order chi connectivity index (χ0) is 23.5. The third-order valence-electron chi connectivity index (χ3n) is 4.44. The minimum Gasteiger partial charge on any atom is -0.490 e. The Balaban J connectivity index is 1.60. The van der Waals surface area contributed by atoms with Crippen LogP contribution in [0, 0.1) is 0 Å². The quantitative estimate of drug-likeness (QED) is 0.257. The van der Waals surface area contributed by atoms with Crippen LogP contribution in [0.25, 0.3) is 0 Å². The second kappa shape index (κ2) is 12.4. The van der Waals surface area contributed by atoms with E-state index in [0.717, 1.165) is 11.1 Å². The second-order valence-corrected chi connectivity index (χ2v) is 7.76. The molecule has 0 saturated heterocycles. The van der Waals surface area contributed by atoms with Crippen LogP contribution in [0.15, 0.2) is 82.4 Å². The molecule has 0 radical (unpaired) electrons. The summed E-state index contributed by atoms with van der Waals surface area (Å²) >= 11 is 3.51. The molecule has 0 bridgehead atoms. The van der Waals surface area contributed by atoms with E-state index < -0.39 is 11.8 Å². The maximum absolute atomic E-state index is 12.0. The van der Waals surface area contributed by atoms with Crippen molar-refractivity contribution in [2.24, 2.45) is 5.10 Å². The second-order valence-electron chi connectivity index (χ2n) is 6.90. The Morgan fingerprint density at radius 2 is 1.61 bits per heavy atom. The highest BCUT2D eigenvalue weighted by molar-refractivity contribution is 9.10. The molecule has 0 heterocycles. The molecule has 3 rings (SSSR count). The summed E-state index contributed by atoms with van der Waals surface area (Å²) in [5.41, 5.74) is 4.81. The lowest BCUT2D eigenvalue weighted by molar-refractivity contribution is -0.139. The van der Waals surface area contributed by atoms with Crippen molar-refractivity contribution in [3.8, 4) is 11.5 Å². The van der Waals surface area contributed by atoms with E-state index in [1.54, 1.807) is 12.1 Å². The Bertz CT molecular complexity index is 1110. The third kappa shape index (κ3) is 7.47. The van der Waals surface area contributed by atoms with Gasteiger partial charge in [-0.15, -0.1) is 0 Å². The highest BCUT2D eigenvalue weighted by Crippen LogP contribution is 2.37. The maximum Gasteiger partial charge on any atom is 0.329 e. The zero-order valence-electron chi connectivity index (χ0n) is 18.1. The summed E-state index contributed by atoms with van der Waals surface area (Å²) in [7, 11) is 0. The van der Waals surface area contributed by atoms with Crippen molar-refractivity contribution in [3.63, 3.8) is 0 Å². The summed E-state index contributed by atoms with van der Waals surface area (Å²) in [6.07, 6.45) is 1.43. The van der Waals surface area contributed by atoms with Gasteiger partial charge in [-0.1, -0.05) is 60.7 Å². The topological polar surface area (TPSA) is 89.0 Å². The molecular formula is C25H24BrN3O4. The molecule has 3 aromatic rings. The normalized spacial score (nSPS) is 10.6. The molecule has 0 atom stereocenters. The lowest BCUT2D eigenvalue weighted by Crippen LogP contribution is -2.37. The molecule has 0 saturated carbocycles. The largest absolute Gasteiger partial charge is 0.490 e. The minimum atomic E-state index is -0.853. The summed E-state index contributed by atoms with van der Waals surface area (Å²) in [4.78, 5) is 23.9. The van der Waals surface area contributed by atoms with Crippen LogP contribution >= 0.6 is 15.9 Å². The van der Waals surface area contributed by atoms with E-state index in [0.29, 0.717) is 34.7 Å². The Hall–Kier alpha value is -3.65. The number of carbonyl (C=O) groups excluding carboxylic acids is 2. The molecule has 0 fully saturated rings. The number of hydrogen-bond donors (Lipinski definition) is 2. The van der Waals surface area contributed by atoms with Gasteiger partial charge in [0, 0.05) is 6.54 Å². The highest BCUT2D eigenvalue weighted by Gasteiger charge is 2.14. The van der Waals surface area contributed by atoms with Gasteiger partial charge >= 0.3 is 11.8 Å². The molecule has 2 N–H and O–H groups in total. The summed E-state index contributed by atoms with van der Waals surface area (Å²) in [5.74, 6) is -0.510. The Kier molecular flexibility index (Phi) is 9.02. The minimum absolute atomic E-state index is 0.256. The van der Waals surface area contributed by atoms with Crippen molar-refractivity contribution in [1.29, 1.82) is 0 Å². The Labute approximate surface area is 200 Å². The molecule has 8 heteroatoms. The van der Waals surface area contributed by atoms with Crippen molar-refractivity contribution < 1.29 is 19.1 Å². The Morgan fingerprint density at radius 1 is 0.939 bits per heavy atom. The van der Waals surface area contributed by atoms with Gasteiger partial charge in [0.2, 0.25) is 0 Å². The van der Waals surface area contributed by atoms with E-state index >= 15 is 0 Å². The number of hydrogen-bond acceptors (Lipinski definition) is 5. The molecule has 0 aliphatic rings. The zero-order valence-corrected chi connectivity index (χ0v) is 19.7. The first kappa shape index (κ1) is 24.0. The van der Waals surface area contributed by atoms with E-state index in [4.69, 9.17) is 9.47 Å². The summed E-state index contributed by atoms with van der Waals surface area (Å²) < 4.78 is 12.4. The average Bonchev–Trinajstić information content (AvgIpc) is 2.83. The molecule has 2 amide bonds. The van der Waals surface area contributed by atoms with Gasteiger partial charge in [-0.3, -0.25) is 9.59 Å². The standard InChI is InChI=1S/C25H24BrN3O4/c1-2-32-22-14-20(13-21(26)23(22)33-17-19-11-7-4-8-12-19)16-28-29-25(31)24(30)27-15-18-9-5-3-6-10-18/h3-14,16H,2,15,17H2,1H3,(H,27,30)(H,29,31). The molecule has 7 nitrogen and oxygen atoms in total. The predicted octanol–water partition coefficient (Wildman–Crippen LogP) is 4.19. The summed E-state index contributed by atoms with van der Waals surface area (Å²) in [6.45, 7) is 2.98. The van der Waals surface area contributed by atoms with E-state index in [1.807, 2.05) is 67.6 Å². The number of carbonyl (C=O) groups is 2. The van der Waals surface area contributed by atoms with Crippen LogP contribution in [0.4, 0.5) is 0 Å². The van der Waals surface area contributed by atoms with Crippen LogP contribution in [0.1, 0.15) is 23.6 Å². The first-order valence-electron chi connectivity index (χ1n) is 10.3. The number of nitrogens with zero attached hydrogens (tertiary/aromatic N) is 1. The van der Waals surface area contributed by atoms with E-state index in [-0.39, 0.29) is 6.54 Å². The molecule has 0 aromatic heterocycles. The van der Waals surface area contributed by atoms with Crippen LogP contribution in [-0.2, 0) is 22.7 Å². The van der Waals surface area contributed by atoms with Crippen LogP contribution in [0.5, 0.6) is 11.5 Å². The molecule has 3 aromatic carbocycles. The fourth-order valence-corrected chi connectivity index (χ4v) is 3.44. The number of amides is 2. The van der Waals surface area contributed by atoms with Crippen molar-refractivity contribution in [2.75, 3.05) is 6.61 Å². The fraction of sp³-hybridized carbons (Fsp3) is 0.160. The third-order valence-corrected chi connectivity index (χ3v) is 5.03. The number of benzene rings is 3. The van der Waals surface area contributed by atoms with Gasteiger partial charge < -0.3 is 14.8 Å². The summed E-state index contributed by atoms with van der Waals surface area (Å²) in [6, 6.07) is 22.7. The van der Waals surface area contributed by atoms with Crippen LogP contribution in [0.3, 0.4) is 0 Å². The van der Waals surface area contributed by atoms with Gasteiger partial charge in [-0.25, -0.2) is 5.43 Å². The van der Waals surface area contributed by atoms with E-state index in [2.05, 4.69) is 31.8 Å². The molecule has 0 unspecified atom stereocenters. The number of nitrogens with one attached hydrogen (secondary N) is 2. The number of hydrazone groups is 1. The van der Waals surface area contributed by atoms with Crippen LogP contribution in [0.2, 0.25) is 0 Å². The molecule has 0 aliphatic carbocycles. The van der Waals surface area contributed by atoms with Crippen molar-refractivity contribution in [2.45, 2.75) is 20.1 Å². The smallest absolute Gasteiger partial charge is 0.329 e. The van der Waals surface area contributed by atoms with Crippen molar-refractivity contribution >= 4 is 34.0 Å². The molecule has 0 aliphatic heterocycles. The summed E-state index contributed by atoms with van der Waals surface area (Å²) in [5, 5.41) is 6.43. The van der Waals surface area contributed by atoms with Gasteiger partial charge in [0.25, 0.3) is 0 Å². The first-order chi connectivity index (χ1) is 16.1. The lowest BCUT2D eigenvalue weighted by Gasteiger charge is -2.14. The number of rotatable bonds is 9. The van der Waals surface area contributed by atoms with Gasteiger partial charge in [0.1, 0.15) is 6.61 Å². The molecule has 0 spiro atoms. The van der Waals surface area contributed by atoms with Crippen LogP contribution < -0.4 is 20.2 Å². The average molecular weight is 510 g/mol. The maximum atomic E-state index is 12.0. The van der Waals surface area contributed by atoms with Gasteiger partial charge in [-0.2, -0.15) is 5.10 Å². The SMILES string of the molecule is CCOc1cc(C=NNC(=O)C(=O)NCc2ccccc2)cc(Br)c1OCc1ccccc1. The number of halogens is 1. The molecular weight excluding hydrogens is 486 g/mol. The van der Waals surface area contributed by atoms with Gasteiger partial charge in [-0.05, 0) is 51.7 Å². The Morgan fingerprint density at radius 3 is 2.27 bits per heavy atom. The highest BCUT2D eigenvalue weighted by atomic mass is 79.9. The lowest BCUT2D eigenvalue weighted by atomic mass is 10.2.